The third-order valence-electron chi connectivity index (χ3n) is 8.52. The Morgan fingerprint density at radius 3 is 1.07 bits per heavy atom. The molecule has 0 aliphatic heterocycles. The van der Waals surface area contributed by atoms with E-state index in [0.29, 0.717) is 12.8 Å². The summed E-state index contributed by atoms with van der Waals surface area (Å²) in [7, 11) is 0. The molecular formula is C35H68O5. The van der Waals surface area contributed by atoms with Crippen LogP contribution in [-0.2, 0) is 9.59 Å². The number of Topliss-reactive ketones (excluding diaryl/α,β-unsaturated/α-hetero) is 2. The van der Waals surface area contributed by atoms with Gasteiger partial charge in [0.25, 0.3) is 0 Å². The molecule has 0 rings (SSSR count). The van der Waals surface area contributed by atoms with Crippen LogP contribution in [0.15, 0.2) is 0 Å². The molecule has 0 bridgehead atoms. The lowest BCUT2D eigenvalue weighted by Gasteiger charge is -2.29. The van der Waals surface area contributed by atoms with Crippen molar-refractivity contribution in [3.63, 3.8) is 0 Å². The average Bonchev–Trinajstić information content (AvgIpc) is 2.96. The van der Waals surface area contributed by atoms with E-state index in [1.807, 2.05) is 0 Å². The summed E-state index contributed by atoms with van der Waals surface area (Å²) in [5.41, 5.74) is -2.37. The van der Waals surface area contributed by atoms with E-state index >= 15 is 0 Å². The van der Waals surface area contributed by atoms with Gasteiger partial charge in [0.05, 0.1) is 6.61 Å². The van der Waals surface area contributed by atoms with Crippen molar-refractivity contribution in [2.24, 2.45) is 0 Å². The molecule has 0 saturated heterocycles. The number of rotatable bonds is 32. The average molecular weight is 569 g/mol. The van der Waals surface area contributed by atoms with Crippen LogP contribution >= 0.6 is 0 Å². The van der Waals surface area contributed by atoms with Gasteiger partial charge in [-0.05, 0) is 12.8 Å². The maximum absolute atomic E-state index is 12.6. The lowest BCUT2D eigenvalue weighted by molar-refractivity contribution is -0.165. The normalized spacial score (nSPS) is 13.8. The molecule has 0 saturated carbocycles. The fourth-order valence-electron chi connectivity index (χ4n) is 5.57. The van der Waals surface area contributed by atoms with Gasteiger partial charge in [0, 0.05) is 12.8 Å². The molecule has 0 amide bonds. The van der Waals surface area contributed by atoms with Crippen molar-refractivity contribution < 1.29 is 24.9 Å². The van der Waals surface area contributed by atoms with Gasteiger partial charge in [-0.3, -0.25) is 9.59 Å². The summed E-state index contributed by atoms with van der Waals surface area (Å²) in [6, 6.07) is 0. The van der Waals surface area contributed by atoms with E-state index in [1.54, 1.807) is 0 Å². The predicted molar refractivity (Wildman–Crippen MR) is 169 cm³/mol. The van der Waals surface area contributed by atoms with Crippen LogP contribution in [0.25, 0.3) is 0 Å². The highest BCUT2D eigenvalue weighted by atomic mass is 16.4. The summed E-state index contributed by atoms with van der Waals surface area (Å²) in [5, 5.41) is 30.8. The van der Waals surface area contributed by atoms with Crippen LogP contribution in [0.4, 0.5) is 0 Å². The molecule has 5 nitrogen and oxygen atoms in total. The second-order valence-corrected chi connectivity index (χ2v) is 12.4. The number of unbranched alkanes of at least 4 members (excludes halogenated alkanes) is 24. The Morgan fingerprint density at radius 1 is 0.500 bits per heavy atom. The summed E-state index contributed by atoms with van der Waals surface area (Å²) >= 11 is 0. The molecule has 0 spiro atoms. The Kier molecular flexibility index (Phi) is 27.8. The van der Waals surface area contributed by atoms with Crippen LogP contribution in [0.5, 0.6) is 0 Å². The molecule has 0 aromatic carbocycles. The number of carbonyl (C=O) groups is 2. The van der Waals surface area contributed by atoms with Crippen molar-refractivity contribution in [3.05, 3.63) is 0 Å². The lowest BCUT2D eigenvalue weighted by Crippen LogP contribution is -2.55. The molecule has 0 fully saturated rings. The first-order chi connectivity index (χ1) is 19.4. The van der Waals surface area contributed by atoms with Gasteiger partial charge in [-0.1, -0.05) is 168 Å². The van der Waals surface area contributed by atoms with Crippen molar-refractivity contribution >= 4 is 11.6 Å². The monoisotopic (exact) mass is 569 g/mol. The lowest BCUT2D eigenvalue weighted by atomic mass is 9.85. The van der Waals surface area contributed by atoms with Crippen LogP contribution in [0.2, 0.25) is 0 Å². The van der Waals surface area contributed by atoms with E-state index in [9.17, 15) is 24.9 Å². The number of carbonyl (C=O) groups excluding carboxylic acids is 2. The molecular weight excluding hydrogens is 500 g/mol. The number of hydrogen-bond acceptors (Lipinski definition) is 5. The zero-order chi connectivity index (χ0) is 29.7. The van der Waals surface area contributed by atoms with Crippen molar-refractivity contribution in [3.8, 4) is 0 Å². The van der Waals surface area contributed by atoms with Crippen LogP contribution in [0.3, 0.4) is 0 Å². The summed E-state index contributed by atoms with van der Waals surface area (Å²) in [6.07, 6.45) is 29.5. The van der Waals surface area contributed by atoms with E-state index in [4.69, 9.17) is 0 Å². The minimum atomic E-state index is -2.37. The van der Waals surface area contributed by atoms with Gasteiger partial charge in [0.15, 0.2) is 23.3 Å². The molecule has 2 atom stereocenters. The molecule has 3 N–H and O–H groups in total. The summed E-state index contributed by atoms with van der Waals surface area (Å²) in [6.45, 7) is 3.57. The first-order valence-corrected chi connectivity index (χ1v) is 17.5. The smallest absolute Gasteiger partial charge is 0.178 e. The zero-order valence-corrected chi connectivity index (χ0v) is 26.7. The van der Waals surface area contributed by atoms with E-state index in [-0.39, 0.29) is 12.8 Å². The van der Waals surface area contributed by atoms with Crippen LogP contribution in [0, 0.1) is 0 Å². The molecule has 0 aromatic heterocycles. The van der Waals surface area contributed by atoms with Gasteiger partial charge >= 0.3 is 0 Å². The third-order valence-corrected chi connectivity index (χ3v) is 8.52. The highest BCUT2D eigenvalue weighted by molar-refractivity contribution is 5.96. The molecule has 40 heavy (non-hydrogen) atoms. The fraction of sp³-hybridized carbons (Fsp3) is 0.943. The van der Waals surface area contributed by atoms with Crippen molar-refractivity contribution in [1.82, 2.24) is 0 Å². The van der Waals surface area contributed by atoms with Crippen LogP contribution < -0.4 is 0 Å². The van der Waals surface area contributed by atoms with Gasteiger partial charge in [0.2, 0.25) is 0 Å². The van der Waals surface area contributed by atoms with Gasteiger partial charge in [-0.15, -0.1) is 0 Å². The molecule has 0 aliphatic rings. The van der Waals surface area contributed by atoms with Crippen LogP contribution in [-0.4, -0.2) is 45.2 Å². The number of aliphatic hydroxyl groups excluding tert-OH is 2. The summed E-state index contributed by atoms with van der Waals surface area (Å²) in [4.78, 5) is 25.1. The highest BCUT2D eigenvalue weighted by Crippen LogP contribution is 2.20. The Labute approximate surface area is 248 Å². The Hall–Kier alpha value is -0.780. The number of ketones is 2. The fourth-order valence-corrected chi connectivity index (χ4v) is 5.57. The van der Waals surface area contributed by atoms with Crippen molar-refractivity contribution in [2.75, 3.05) is 6.61 Å². The molecule has 0 heterocycles. The first-order valence-electron chi connectivity index (χ1n) is 17.5. The largest absolute Gasteiger partial charge is 0.393 e. The highest BCUT2D eigenvalue weighted by Gasteiger charge is 2.45. The third kappa shape index (κ3) is 21.0. The Bertz CT molecular complexity index is 578. The van der Waals surface area contributed by atoms with Gasteiger partial charge < -0.3 is 15.3 Å². The van der Waals surface area contributed by atoms with Gasteiger partial charge in [-0.25, -0.2) is 0 Å². The maximum Gasteiger partial charge on any atom is 0.178 e. The SMILES string of the molecule is CCCCCCCCCCCCCCCC(=O)C(O)C(O)(CO)C(=O)CCCCCCCCCCCCCCC. The quantitative estimate of drug-likeness (QED) is 0.0703. The molecule has 0 radical (unpaired) electrons. The standard InChI is InChI=1S/C35H68O5/c1-3-5-7-9-11-13-15-17-19-21-23-25-27-29-32(37)34(39)35(40,31-36)33(38)30-28-26-24-22-20-18-16-14-12-10-8-6-4-2/h34,36,39-40H,3-31H2,1-2H3. The van der Waals surface area contributed by atoms with Gasteiger partial charge in [0.1, 0.15) is 0 Å². The zero-order valence-electron chi connectivity index (χ0n) is 26.7. The van der Waals surface area contributed by atoms with E-state index in [1.165, 1.54) is 116 Å². The molecule has 5 heteroatoms. The van der Waals surface area contributed by atoms with E-state index < -0.39 is 29.9 Å². The number of hydrogen-bond donors (Lipinski definition) is 3. The topological polar surface area (TPSA) is 94.8 Å². The van der Waals surface area contributed by atoms with Crippen molar-refractivity contribution in [2.45, 2.75) is 205 Å². The van der Waals surface area contributed by atoms with Gasteiger partial charge in [-0.2, -0.15) is 0 Å². The second-order valence-electron chi connectivity index (χ2n) is 12.4. The second kappa shape index (κ2) is 28.3. The molecule has 0 aliphatic carbocycles. The summed E-state index contributed by atoms with van der Waals surface area (Å²) < 4.78 is 0. The van der Waals surface area contributed by atoms with Crippen molar-refractivity contribution in [1.29, 1.82) is 0 Å². The Morgan fingerprint density at radius 2 is 0.775 bits per heavy atom. The molecule has 2 unspecified atom stereocenters. The van der Waals surface area contributed by atoms with Crippen LogP contribution in [0.1, 0.15) is 194 Å². The molecule has 0 aromatic rings. The maximum atomic E-state index is 12.6. The van der Waals surface area contributed by atoms with E-state index in [2.05, 4.69) is 13.8 Å². The Balaban J connectivity index is 3.86. The minimum absolute atomic E-state index is 0.0813. The predicted octanol–water partition coefficient (Wildman–Crippen LogP) is 9.17. The summed E-state index contributed by atoms with van der Waals surface area (Å²) in [5.74, 6) is -1.16. The first kappa shape index (κ1) is 39.2. The number of aliphatic hydroxyl groups is 3. The minimum Gasteiger partial charge on any atom is -0.393 e. The molecule has 238 valence electrons. The van der Waals surface area contributed by atoms with E-state index in [0.717, 1.165) is 38.5 Å².